The van der Waals surface area contributed by atoms with Crippen LogP contribution in [-0.2, 0) is 22.9 Å². The molecule has 1 amide bonds. The highest BCUT2D eigenvalue weighted by molar-refractivity contribution is 7.89. The molecule has 0 radical (unpaired) electrons. The Morgan fingerprint density at radius 2 is 1.55 bits per heavy atom. The Balaban J connectivity index is 0.00000361. The fourth-order valence-electron chi connectivity index (χ4n) is 4.00. The highest BCUT2D eigenvalue weighted by Crippen LogP contribution is 2.25. The molecule has 0 aliphatic carbocycles. The van der Waals surface area contributed by atoms with Crippen molar-refractivity contribution in [2.24, 2.45) is 5.92 Å². The second-order valence-electron chi connectivity index (χ2n) is 9.51. The standard InChI is InChI=1S/C28H35N3O4S.2ClH/c1-19(2)16-24-17-23(10-13-26(24)28(33)31-36(3,34)35)21-6-4-20(5-7-21)14-15-30-18-27(32)22-8-11-25(29)12-9-22;;/h4-13,17,19,27,30,32H,14-16,18,29H2,1-3H3,(H,31,33);2*1H/t27-;;/m1../s1. The second kappa shape index (κ2) is 15.1. The largest absolute Gasteiger partial charge is 0.399 e. The van der Waals surface area contributed by atoms with Crippen LogP contribution in [0, 0.1) is 5.92 Å². The number of carbonyl (C=O) groups is 1. The molecule has 7 nitrogen and oxygen atoms in total. The van der Waals surface area contributed by atoms with Crippen LogP contribution < -0.4 is 15.8 Å². The minimum atomic E-state index is -3.64. The van der Waals surface area contributed by atoms with Crippen molar-refractivity contribution in [1.82, 2.24) is 10.0 Å². The van der Waals surface area contributed by atoms with E-state index >= 15 is 0 Å². The molecule has 10 heteroatoms. The first-order valence-corrected chi connectivity index (χ1v) is 13.9. The SMILES string of the molecule is CC(C)Cc1cc(-c2ccc(CCNC[C@@H](O)c3ccc(N)cc3)cc2)ccc1C(=O)NS(C)(=O)=O.Cl.Cl. The monoisotopic (exact) mass is 581 g/mol. The van der Waals surface area contributed by atoms with Crippen molar-refractivity contribution in [3.05, 3.63) is 89.0 Å². The Labute approximate surface area is 238 Å². The minimum Gasteiger partial charge on any atom is -0.399 e. The van der Waals surface area contributed by atoms with E-state index in [1.807, 2.05) is 36.4 Å². The Bertz CT molecular complexity index is 1280. The lowest BCUT2D eigenvalue weighted by atomic mass is 9.93. The highest BCUT2D eigenvalue weighted by atomic mass is 35.5. The average Bonchev–Trinajstić information content (AvgIpc) is 2.81. The van der Waals surface area contributed by atoms with Gasteiger partial charge in [-0.05, 0) is 71.3 Å². The van der Waals surface area contributed by atoms with Crippen molar-refractivity contribution in [2.45, 2.75) is 32.8 Å². The van der Waals surface area contributed by atoms with Gasteiger partial charge in [0.2, 0.25) is 10.0 Å². The summed E-state index contributed by atoms with van der Waals surface area (Å²) in [6.45, 7) is 5.30. The summed E-state index contributed by atoms with van der Waals surface area (Å²) in [6.07, 6.45) is 1.86. The van der Waals surface area contributed by atoms with Crippen LogP contribution in [0.25, 0.3) is 11.1 Å². The van der Waals surface area contributed by atoms with E-state index in [0.717, 1.165) is 41.5 Å². The molecular weight excluding hydrogens is 545 g/mol. The Morgan fingerprint density at radius 3 is 2.13 bits per heavy atom. The quantitative estimate of drug-likeness (QED) is 0.195. The Morgan fingerprint density at radius 1 is 0.947 bits per heavy atom. The van der Waals surface area contributed by atoms with Crippen LogP contribution in [0.5, 0.6) is 0 Å². The molecule has 0 heterocycles. The molecule has 208 valence electrons. The van der Waals surface area contributed by atoms with Crippen LogP contribution in [-0.4, -0.2) is 38.8 Å². The second-order valence-corrected chi connectivity index (χ2v) is 11.3. The predicted molar refractivity (Wildman–Crippen MR) is 160 cm³/mol. The van der Waals surface area contributed by atoms with E-state index in [4.69, 9.17) is 5.73 Å². The number of nitrogens with two attached hydrogens (primary N) is 1. The first-order valence-electron chi connectivity index (χ1n) is 12.0. The van der Waals surface area contributed by atoms with Crippen molar-refractivity contribution >= 4 is 46.4 Å². The van der Waals surface area contributed by atoms with Gasteiger partial charge in [-0.2, -0.15) is 0 Å². The maximum Gasteiger partial charge on any atom is 0.264 e. The van der Waals surface area contributed by atoms with Crippen LogP contribution in [0.3, 0.4) is 0 Å². The van der Waals surface area contributed by atoms with Crippen molar-refractivity contribution < 1.29 is 18.3 Å². The van der Waals surface area contributed by atoms with Gasteiger partial charge < -0.3 is 16.2 Å². The molecule has 0 aliphatic heterocycles. The van der Waals surface area contributed by atoms with E-state index in [-0.39, 0.29) is 24.8 Å². The number of aliphatic hydroxyl groups excluding tert-OH is 1. The third-order valence-electron chi connectivity index (χ3n) is 5.79. The number of rotatable bonds is 11. The number of hydrogen-bond acceptors (Lipinski definition) is 6. The van der Waals surface area contributed by atoms with E-state index in [0.29, 0.717) is 30.1 Å². The van der Waals surface area contributed by atoms with Crippen LogP contribution in [0.2, 0.25) is 0 Å². The van der Waals surface area contributed by atoms with Gasteiger partial charge in [0.1, 0.15) is 0 Å². The van der Waals surface area contributed by atoms with Gasteiger partial charge in [0.25, 0.3) is 5.91 Å². The molecule has 0 saturated heterocycles. The third kappa shape index (κ3) is 10.3. The number of carbonyl (C=O) groups excluding carboxylic acids is 1. The first-order chi connectivity index (χ1) is 17.0. The molecule has 3 aromatic carbocycles. The fraction of sp³-hybridized carbons (Fsp3) is 0.321. The van der Waals surface area contributed by atoms with E-state index in [9.17, 15) is 18.3 Å². The average molecular weight is 583 g/mol. The minimum absolute atomic E-state index is 0. The number of nitrogens with one attached hydrogen (secondary N) is 2. The molecule has 0 spiro atoms. The molecule has 3 rings (SSSR count). The topological polar surface area (TPSA) is 122 Å². The van der Waals surface area contributed by atoms with Crippen LogP contribution >= 0.6 is 24.8 Å². The molecule has 0 aromatic heterocycles. The molecule has 1 atom stereocenters. The van der Waals surface area contributed by atoms with E-state index in [2.05, 4.69) is 36.0 Å². The van der Waals surface area contributed by atoms with Gasteiger partial charge in [-0.3, -0.25) is 4.79 Å². The maximum absolute atomic E-state index is 12.5. The summed E-state index contributed by atoms with van der Waals surface area (Å²) in [4.78, 5) is 12.5. The number of anilines is 1. The van der Waals surface area contributed by atoms with Gasteiger partial charge in [-0.15, -0.1) is 24.8 Å². The number of sulfonamides is 1. The number of hydrogen-bond donors (Lipinski definition) is 4. The molecule has 38 heavy (non-hydrogen) atoms. The summed E-state index contributed by atoms with van der Waals surface area (Å²) >= 11 is 0. The summed E-state index contributed by atoms with van der Waals surface area (Å²) < 4.78 is 25.1. The van der Waals surface area contributed by atoms with Crippen LogP contribution in [0.15, 0.2) is 66.7 Å². The van der Waals surface area contributed by atoms with Gasteiger partial charge >= 0.3 is 0 Å². The molecule has 0 unspecified atom stereocenters. The number of aliphatic hydroxyl groups is 1. The lowest BCUT2D eigenvalue weighted by Gasteiger charge is -2.14. The summed E-state index contributed by atoms with van der Waals surface area (Å²) in [5.74, 6) is -0.303. The molecular formula is C28H37Cl2N3O4S. The molecule has 0 aliphatic rings. The Hall–Kier alpha value is -2.62. The number of benzene rings is 3. The zero-order chi connectivity index (χ0) is 26.3. The van der Waals surface area contributed by atoms with Crippen LogP contribution in [0.4, 0.5) is 5.69 Å². The van der Waals surface area contributed by atoms with Crippen molar-refractivity contribution in [3.8, 4) is 11.1 Å². The smallest absolute Gasteiger partial charge is 0.264 e. The first kappa shape index (κ1) is 33.4. The van der Waals surface area contributed by atoms with Gasteiger partial charge in [0, 0.05) is 17.8 Å². The normalized spacial score (nSPS) is 11.8. The van der Waals surface area contributed by atoms with Gasteiger partial charge in [0.05, 0.1) is 12.4 Å². The van der Waals surface area contributed by atoms with Crippen molar-refractivity contribution in [3.63, 3.8) is 0 Å². The summed E-state index contributed by atoms with van der Waals surface area (Å²) in [6, 6.07) is 21.0. The van der Waals surface area contributed by atoms with Gasteiger partial charge in [-0.1, -0.05) is 62.4 Å². The van der Waals surface area contributed by atoms with E-state index in [1.54, 1.807) is 18.2 Å². The third-order valence-corrected chi connectivity index (χ3v) is 6.35. The van der Waals surface area contributed by atoms with Crippen molar-refractivity contribution in [2.75, 3.05) is 25.1 Å². The molecule has 5 N–H and O–H groups in total. The zero-order valence-corrected chi connectivity index (χ0v) is 24.3. The fourth-order valence-corrected chi connectivity index (χ4v) is 4.44. The lowest BCUT2D eigenvalue weighted by Crippen LogP contribution is -2.30. The summed E-state index contributed by atoms with van der Waals surface area (Å²) in [5, 5.41) is 13.6. The molecule has 0 bridgehead atoms. The van der Waals surface area contributed by atoms with E-state index in [1.165, 1.54) is 5.56 Å². The number of amides is 1. The number of nitrogen functional groups attached to an aromatic ring is 1. The van der Waals surface area contributed by atoms with Gasteiger partial charge in [0.15, 0.2) is 0 Å². The predicted octanol–water partition coefficient (Wildman–Crippen LogP) is 4.53. The summed E-state index contributed by atoms with van der Waals surface area (Å²) in [5.41, 5.74) is 11.5. The van der Waals surface area contributed by atoms with Crippen molar-refractivity contribution in [1.29, 1.82) is 0 Å². The summed E-state index contributed by atoms with van der Waals surface area (Å²) in [7, 11) is -3.64. The maximum atomic E-state index is 12.5. The Kier molecular flexibility index (Phi) is 13.3. The van der Waals surface area contributed by atoms with E-state index < -0.39 is 22.0 Å². The number of halogens is 2. The zero-order valence-electron chi connectivity index (χ0n) is 21.8. The molecule has 0 fully saturated rings. The molecule has 3 aromatic rings. The highest BCUT2D eigenvalue weighted by Gasteiger charge is 2.17. The van der Waals surface area contributed by atoms with Gasteiger partial charge in [-0.25, -0.2) is 13.1 Å². The van der Waals surface area contributed by atoms with Crippen LogP contribution in [0.1, 0.15) is 47.0 Å². The molecule has 0 saturated carbocycles. The lowest BCUT2D eigenvalue weighted by molar-refractivity contribution is 0.0980.